The Morgan fingerprint density at radius 2 is 2.21 bits per heavy atom. The normalized spacial score (nSPS) is 11.3. The Hall–Kier alpha value is -1.97. The Bertz CT molecular complexity index is 1000. The molecule has 0 saturated heterocycles. The van der Waals surface area contributed by atoms with Gasteiger partial charge in [-0.15, -0.1) is 32.9 Å². The average molecular weight is 376 g/mol. The average Bonchev–Trinajstić information content (AvgIpc) is 3.31. The van der Waals surface area contributed by atoms with E-state index in [9.17, 15) is 4.79 Å². The van der Waals surface area contributed by atoms with Gasteiger partial charge in [-0.05, 0) is 17.9 Å². The van der Waals surface area contributed by atoms with Gasteiger partial charge < -0.3 is 4.57 Å². The number of rotatable bonds is 6. The highest BCUT2D eigenvalue weighted by atomic mass is 32.2. The van der Waals surface area contributed by atoms with Crippen LogP contribution in [0.15, 0.2) is 51.4 Å². The molecule has 122 valence electrons. The van der Waals surface area contributed by atoms with Gasteiger partial charge in [-0.3, -0.25) is 9.20 Å². The predicted octanol–water partition coefficient (Wildman–Crippen LogP) is 2.94. The lowest BCUT2D eigenvalue weighted by Crippen LogP contribution is -2.12. The predicted molar refractivity (Wildman–Crippen MR) is 96.9 cm³/mol. The summed E-state index contributed by atoms with van der Waals surface area (Å²) in [6, 6.07) is 5.78. The first-order chi connectivity index (χ1) is 11.8. The summed E-state index contributed by atoms with van der Waals surface area (Å²) in [6.45, 7) is 0.843. The van der Waals surface area contributed by atoms with Crippen LogP contribution in [0.5, 0.6) is 0 Å². The second kappa shape index (κ2) is 6.88. The Balaban J connectivity index is 1.45. The van der Waals surface area contributed by atoms with Crippen molar-refractivity contribution in [1.82, 2.24) is 24.1 Å². The van der Waals surface area contributed by atoms with Crippen molar-refractivity contribution in [2.75, 3.05) is 0 Å². The van der Waals surface area contributed by atoms with Crippen molar-refractivity contribution in [3.8, 4) is 0 Å². The highest BCUT2D eigenvalue weighted by molar-refractivity contribution is 7.98. The van der Waals surface area contributed by atoms with Crippen LogP contribution in [0.4, 0.5) is 0 Å². The molecule has 4 aromatic heterocycles. The molecule has 4 rings (SSSR count). The maximum atomic E-state index is 12.0. The van der Waals surface area contributed by atoms with Gasteiger partial charge in [-0.25, -0.2) is 4.98 Å². The number of hydrogen-bond acceptors (Lipinski definition) is 7. The largest absolute Gasteiger partial charge is 0.308 e. The number of thioether (sulfide) groups is 1. The van der Waals surface area contributed by atoms with Gasteiger partial charge in [0.15, 0.2) is 10.1 Å². The standard InChI is InChI=1S/C15H13N5OS3/c21-13-8-11(17-14-20(13)5-7-23-14)9-24-15-18-16-10-19(15)4-3-12-2-1-6-22-12/h1-2,5-8,10H,3-4,9H2. The summed E-state index contributed by atoms with van der Waals surface area (Å²) in [5.41, 5.74) is 0.719. The van der Waals surface area contributed by atoms with Crippen LogP contribution in [-0.4, -0.2) is 24.1 Å². The van der Waals surface area contributed by atoms with Crippen molar-refractivity contribution >= 4 is 39.4 Å². The van der Waals surface area contributed by atoms with E-state index >= 15 is 0 Å². The van der Waals surface area contributed by atoms with Gasteiger partial charge in [0.25, 0.3) is 5.56 Å². The number of thiazole rings is 1. The Kier molecular flexibility index (Phi) is 4.46. The third kappa shape index (κ3) is 3.28. The maximum Gasteiger partial charge on any atom is 0.258 e. The van der Waals surface area contributed by atoms with Gasteiger partial charge in [0.1, 0.15) is 6.33 Å². The summed E-state index contributed by atoms with van der Waals surface area (Å²) in [5.74, 6) is 0.599. The quantitative estimate of drug-likeness (QED) is 0.485. The molecule has 0 radical (unpaired) electrons. The van der Waals surface area contributed by atoms with Gasteiger partial charge in [-0.1, -0.05) is 17.8 Å². The zero-order valence-electron chi connectivity index (χ0n) is 12.5. The fourth-order valence-electron chi connectivity index (χ4n) is 2.30. The highest BCUT2D eigenvalue weighted by Crippen LogP contribution is 2.21. The van der Waals surface area contributed by atoms with E-state index in [0.717, 1.165) is 28.8 Å². The number of hydrogen-bond donors (Lipinski definition) is 0. The van der Waals surface area contributed by atoms with Crippen LogP contribution >= 0.6 is 34.4 Å². The van der Waals surface area contributed by atoms with E-state index in [4.69, 9.17) is 0 Å². The van der Waals surface area contributed by atoms with Crippen molar-refractivity contribution in [2.45, 2.75) is 23.9 Å². The van der Waals surface area contributed by atoms with Crippen molar-refractivity contribution in [3.05, 3.63) is 62.4 Å². The zero-order valence-corrected chi connectivity index (χ0v) is 15.0. The molecule has 0 aromatic carbocycles. The van der Waals surface area contributed by atoms with E-state index < -0.39 is 0 Å². The summed E-state index contributed by atoms with van der Waals surface area (Å²) in [6.07, 6.45) is 4.46. The third-order valence-corrected chi connectivity index (χ3v) is 6.17. The molecule has 0 N–H and O–H groups in total. The van der Waals surface area contributed by atoms with Crippen molar-refractivity contribution in [2.24, 2.45) is 0 Å². The number of nitrogens with zero attached hydrogens (tertiary/aromatic N) is 5. The van der Waals surface area contributed by atoms with Gasteiger partial charge in [0.2, 0.25) is 0 Å². The van der Waals surface area contributed by atoms with Crippen LogP contribution in [0.25, 0.3) is 4.96 Å². The van der Waals surface area contributed by atoms with Crippen LogP contribution in [0.3, 0.4) is 0 Å². The van der Waals surface area contributed by atoms with Crippen LogP contribution in [0.1, 0.15) is 10.6 Å². The van der Waals surface area contributed by atoms with Crippen molar-refractivity contribution in [3.63, 3.8) is 0 Å². The molecule has 0 saturated carbocycles. The number of thiophene rings is 1. The molecule has 6 nitrogen and oxygen atoms in total. The Morgan fingerprint density at radius 3 is 3.08 bits per heavy atom. The van der Waals surface area contributed by atoms with Crippen molar-refractivity contribution in [1.29, 1.82) is 0 Å². The van der Waals surface area contributed by atoms with E-state index in [0.29, 0.717) is 5.75 Å². The molecule has 0 aliphatic heterocycles. The van der Waals surface area contributed by atoms with Crippen LogP contribution in [-0.2, 0) is 18.7 Å². The molecule has 0 atom stereocenters. The monoisotopic (exact) mass is 375 g/mol. The minimum atomic E-state index is -0.0454. The van der Waals surface area contributed by atoms with Gasteiger partial charge in [0.05, 0.1) is 5.69 Å². The summed E-state index contributed by atoms with van der Waals surface area (Å²) in [5, 5.41) is 13.0. The molecule has 24 heavy (non-hydrogen) atoms. The Labute approximate surface area is 149 Å². The summed E-state index contributed by atoms with van der Waals surface area (Å²) >= 11 is 4.77. The molecule has 0 amide bonds. The SMILES string of the molecule is O=c1cc(CSc2nncn2CCc2cccs2)nc2sccn12. The lowest BCUT2D eigenvalue weighted by Gasteiger charge is -2.05. The minimum Gasteiger partial charge on any atom is -0.308 e. The van der Waals surface area contributed by atoms with E-state index in [2.05, 4.69) is 32.7 Å². The smallest absolute Gasteiger partial charge is 0.258 e. The molecule has 0 fully saturated rings. The maximum absolute atomic E-state index is 12.0. The highest BCUT2D eigenvalue weighted by Gasteiger charge is 2.09. The van der Waals surface area contributed by atoms with E-state index in [1.165, 1.54) is 16.2 Å². The second-order valence-electron chi connectivity index (χ2n) is 5.07. The van der Waals surface area contributed by atoms with Crippen LogP contribution < -0.4 is 5.56 Å². The second-order valence-corrected chi connectivity index (χ2v) is 7.91. The number of aryl methyl sites for hydroxylation is 2. The van der Waals surface area contributed by atoms with Gasteiger partial charge >= 0.3 is 0 Å². The fourth-order valence-corrected chi connectivity index (χ4v) is 4.57. The van der Waals surface area contributed by atoms with E-state index in [1.54, 1.807) is 46.1 Å². The molecular formula is C15H13N5OS3. The molecule has 9 heteroatoms. The van der Waals surface area contributed by atoms with E-state index in [-0.39, 0.29) is 5.56 Å². The molecule has 0 aliphatic rings. The molecule has 4 aromatic rings. The first-order valence-electron chi connectivity index (χ1n) is 7.28. The minimum absolute atomic E-state index is 0.0454. The summed E-state index contributed by atoms with van der Waals surface area (Å²) in [7, 11) is 0. The van der Waals surface area contributed by atoms with Crippen molar-refractivity contribution < 1.29 is 0 Å². The fraction of sp³-hybridized carbons (Fsp3) is 0.200. The third-order valence-electron chi connectivity index (χ3n) is 3.46. The number of fused-ring (bicyclic) bond motifs is 1. The molecular weight excluding hydrogens is 362 g/mol. The zero-order chi connectivity index (χ0) is 16.4. The first kappa shape index (κ1) is 15.6. The lowest BCUT2D eigenvalue weighted by molar-refractivity contribution is 0.637. The molecule has 0 aliphatic carbocycles. The number of aromatic nitrogens is 5. The molecule has 0 bridgehead atoms. The summed E-state index contributed by atoms with van der Waals surface area (Å²) < 4.78 is 3.60. The topological polar surface area (TPSA) is 65.1 Å². The first-order valence-corrected chi connectivity index (χ1v) is 10.0. The molecule has 0 spiro atoms. The lowest BCUT2D eigenvalue weighted by atomic mass is 10.3. The molecule has 4 heterocycles. The van der Waals surface area contributed by atoms with Crippen LogP contribution in [0.2, 0.25) is 0 Å². The Morgan fingerprint density at radius 1 is 1.25 bits per heavy atom. The molecule has 0 unspecified atom stereocenters. The van der Waals surface area contributed by atoms with Gasteiger partial charge in [0, 0.05) is 34.8 Å². The van der Waals surface area contributed by atoms with E-state index in [1.807, 2.05) is 9.95 Å². The van der Waals surface area contributed by atoms with Gasteiger partial charge in [-0.2, -0.15) is 0 Å². The summed E-state index contributed by atoms with van der Waals surface area (Å²) in [4.78, 5) is 18.6. The van der Waals surface area contributed by atoms with Crippen LogP contribution in [0, 0.1) is 0 Å².